The van der Waals surface area contributed by atoms with Gasteiger partial charge in [0.25, 0.3) is 0 Å². The Morgan fingerprint density at radius 2 is 1.00 bits per heavy atom. The third-order valence-electron chi connectivity index (χ3n) is 5.39. The van der Waals surface area contributed by atoms with E-state index in [1.807, 2.05) is 0 Å². The van der Waals surface area contributed by atoms with E-state index in [9.17, 15) is 52.7 Å². The van der Waals surface area contributed by atoms with Crippen molar-refractivity contribution in [3.05, 3.63) is 81.4 Å². The average Bonchev–Trinajstić information content (AvgIpc) is 3.03. The van der Waals surface area contributed by atoms with Gasteiger partial charge in [0.15, 0.2) is 0 Å². The Hall–Kier alpha value is -4.34. The molecule has 0 aliphatic carbocycles. The number of rotatable bonds is 4. The molecule has 0 saturated carbocycles. The van der Waals surface area contributed by atoms with Gasteiger partial charge in [0, 0.05) is 45.1 Å². The van der Waals surface area contributed by atoms with Gasteiger partial charge in [0.1, 0.15) is 17.0 Å². The van der Waals surface area contributed by atoms with Crippen molar-refractivity contribution < 1.29 is 52.7 Å². The molecule has 0 radical (unpaired) electrons. The van der Waals surface area contributed by atoms with Gasteiger partial charge in [-0.2, -0.15) is 52.7 Å². The summed E-state index contributed by atoms with van der Waals surface area (Å²) < 4.78 is 145. The molecule has 4 aromatic heterocycles. The molecule has 24 heteroatoms. The minimum Gasteiger partial charge on any atom is -0.357 e. The van der Waals surface area contributed by atoms with E-state index in [0.29, 0.717) is 12.4 Å². The number of anilines is 2. The number of hydrogen-bond donors (Lipinski definition) is 2. The molecule has 4 aromatic rings. The van der Waals surface area contributed by atoms with Gasteiger partial charge in [-0.25, -0.2) is 39.9 Å². The van der Waals surface area contributed by atoms with Crippen molar-refractivity contribution in [3.8, 4) is 0 Å². The molecule has 0 spiro atoms. The van der Waals surface area contributed by atoms with Gasteiger partial charge in [-0.1, -0.05) is 25.4 Å². The van der Waals surface area contributed by atoms with Crippen LogP contribution in [0.4, 0.5) is 64.6 Å². The lowest BCUT2D eigenvalue weighted by Crippen LogP contribution is -2.11. The maximum Gasteiger partial charge on any atom is 0.420 e. The van der Waals surface area contributed by atoms with Crippen molar-refractivity contribution in [3.63, 3.8) is 0 Å². The fourth-order valence-electron chi connectivity index (χ4n) is 3.05. The summed E-state index contributed by atoms with van der Waals surface area (Å²) in [4.78, 5) is 27.3. The van der Waals surface area contributed by atoms with Crippen LogP contribution in [-0.4, -0.2) is 54.0 Å². The SMILES string of the molecule is CCc1nc(Cl)ncc1C(F)(F)F.CCc1ncncc1C(F)(F)F.CNc1ncc(C(F)(F)F)c(Cl)n1.CNc1ncc(C(F)(F)F)cn1. The molecule has 0 unspecified atom stereocenters. The maximum absolute atomic E-state index is 12.2. The summed E-state index contributed by atoms with van der Waals surface area (Å²) >= 11 is 10.6. The summed E-state index contributed by atoms with van der Waals surface area (Å²) in [5.41, 5.74) is -3.48. The molecule has 0 fully saturated rings. The monoisotopic (exact) mass is 774 g/mol. The molecular weight excluding hydrogens is 751 g/mol. The zero-order chi connectivity index (χ0) is 38.5. The average molecular weight is 775 g/mol. The summed E-state index contributed by atoms with van der Waals surface area (Å²) in [6.45, 7) is 3.20. The Labute approximate surface area is 285 Å². The van der Waals surface area contributed by atoms with Gasteiger partial charge in [-0.3, -0.25) is 0 Å². The van der Waals surface area contributed by atoms with Crippen LogP contribution in [0.15, 0.2) is 37.3 Å². The standard InChI is InChI=1S/C7H6ClF3N2.C7H7F3N2.C6H5ClF3N3.C6H6F3N3/c1-2-5-4(7(9,10)11)3-12-6(8)13-5;1-2-6-5(7(8,9)10)3-11-4-12-6;1-11-5-12-2-3(4(7)13-5)6(8,9)10;1-10-5-11-2-4(3-12-5)6(7,8)9/h3H,2H2,1H3;3-4H,2H2,1H3;2H,1H3,(H,11,12,13);2-3H,1H3,(H,10,11,12). The summed E-state index contributed by atoms with van der Waals surface area (Å²) in [5, 5.41) is 4.22. The largest absolute Gasteiger partial charge is 0.420 e. The lowest BCUT2D eigenvalue weighted by atomic mass is 10.2. The zero-order valence-electron chi connectivity index (χ0n) is 25.7. The first-order valence-electron chi connectivity index (χ1n) is 13.3. The predicted molar refractivity (Wildman–Crippen MR) is 156 cm³/mol. The number of alkyl halides is 12. The van der Waals surface area contributed by atoms with Crippen LogP contribution in [0.25, 0.3) is 0 Å². The van der Waals surface area contributed by atoms with Crippen LogP contribution >= 0.6 is 23.2 Å². The molecule has 4 heterocycles. The molecule has 0 bridgehead atoms. The fraction of sp³-hybridized carbons (Fsp3) is 0.385. The molecule has 0 saturated heterocycles. The molecule has 4 rings (SSSR count). The molecular formula is C26H24Cl2F12N10. The zero-order valence-corrected chi connectivity index (χ0v) is 27.3. The highest BCUT2D eigenvalue weighted by Crippen LogP contribution is 2.34. The number of aryl methyl sites for hydroxylation is 2. The number of nitrogens with one attached hydrogen (secondary N) is 2. The van der Waals surface area contributed by atoms with Crippen LogP contribution in [0, 0.1) is 0 Å². The van der Waals surface area contributed by atoms with Crippen molar-refractivity contribution in [2.24, 2.45) is 0 Å². The highest BCUT2D eigenvalue weighted by molar-refractivity contribution is 6.30. The third kappa shape index (κ3) is 14.3. The minimum atomic E-state index is -4.51. The van der Waals surface area contributed by atoms with Crippen LogP contribution in [0.5, 0.6) is 0 Å². The van der Waals surface area contributed by atoms with Gasteiger partial charge in [-0.05, 0) is 24.4 Å². The molecule has 0 aliphatic heterocycles. The van der Waals surface area contributed by atoms with Crippen LogP contribution in [0.1, 0.15) is 47.5 Å². The van der Waals surface area contributed by atoms with Crippen LogP contribution in [0.2, 0.25) is 10.4 Å². The Morgan fingerprint density at radius 3 is 1.40 bits per heavy atom. The third-order valence-corrected chi connectivity index (χ3v) is 5.86. The molecule has 0 amide bonds. The first-order valence-corrected chi connectivity index (χ1v) is 14.0. The smallest absolute Gasteiger partial charge is 0.357 e. The Bertz CT molecular complexity index is 1630. The maximum atomic E-state index is 12.2. The van der Waals surface area contributed by atoms with E-state index in [2.05, 4.69) is 50.5 Å². The van der Waals surface area contributed by atoms with Gasteiger partial charge >= 0.3 is 24.7 Å². The lowest BCUT2D eigenvalue weighted by Gasteiger charge is -2.09. The molecule has 276 valence electrons. The minimum absolute atomic E-state index is 0.0394. The molecule has 10 nitrogen and oxygen atoms in total. The number of halogens is 14. The highest BCUT2D eigenvalue weighted by Gasteiger charge is 2.36. The first kappa shape index (κ1) is 43.7. The second-order valence-corrected chi connectivity index (χ2v) is 9.47. The van der Waals surface area contributed by atoms with Crippen molar-refractivity contribution in [2.75, 3.05) is 24.7 Å². The molecule has 0 aromatic carbocycles. The molecule has 0 atom stereocenters. The van der Waals surface area contributed by atoms with E-state index in [4.69, 9.17) is 23.2 Å². The highest BCUT2D eigenvalue weighted by atomic mass is 35.5. The van der Waals surface area contributed by atoms with Crippen molar-refractivity contribution in [1.82, 2.24) is 39.9 Å². The number of aromatic nitrogens is 8. The van der Waals surface area contributed by atoms with E-state index in [0.717, 1.165) is 24.9 Å². The van der Waals surface area contributed by atoms with Crippen molar-refractivity contribution in [1.29, 1.82) is 0 Å². The van der Waals surface area contributed by atoms with E-state index in [1.165, 1.54) is 14.1 Å². The molecule has 2 N–H and O–H groups in total. The second-order valence-electron chi connectivity index (χ2n) is 8.77. The fourth-order valence-corrected chi connectivity index (χ4v) is 3.43. The number of nitrogens with zero attached hydrogens (tertiary/aromatic N) is 8. The van der Waals surface area contributed by atoms with Gasteiger partial charge in [-0.15, -0.1) is 0 Å². The van der Waals surface area contributed by atoms with E-state index in [-0.39, 0.29) is 41.4 Å². The van der Waals surface area contributed by atoms with Crippen molar-refractivity contribution >= 4 is 35.1 Å². The van der Waals surface area contributed by atoms with Crippen LogP contribution < -0.4 is 10.6 Å². The first-order chi connectivity index (χ1) is 23.0. The Kier molecular flexibility index (Phi) is 16.2. The molecule has 0 aliphatic rings. The van der Waals surface area contributed by atoms with Gasteiger partial charge in [0.05, 0.1) is 28.1 Å². The van der Waals surface area contributed by atoms with Crippen LogP contribution in [-0.2, 0) is 37.5 Å². The van der Waals surface area contributed by atoms with E-state index in [1.54, 1.807) is 13.8 Å². The normalized spacial score (nSPS) is 11.6. The Balaban J connectivity index is 0.000000334. The number of hydrogen-bond acceptors (Lipinski definition) is 10. The van der Waals surface area contributed by atoms with Gasteiger partial charge < -0.3 is 10.6 Å². The van der Waals surface area contributed by atoms with E-state index < -0.39 is 52.1 Å². The predicted octanol–water partition coefficient (Wildman–Crippen LogP) is 8.50. The topological polar surface area (TPSA) is 127 Å². The van der Waals surface area contributed by atoms with Crippen molar-refractivity contribution in [2.45, 2.75) is 51.4 Å². The van der Waals surface area contributed by atoms with E-state index >= 15 is 0 Å². The summed E-state index contributed by atoms with van der Waals surface area (Å²) in [6, 6.07) is 0. The summed E-state index contributed by atoms with van der Waals surface area (Å²) in [7, 11) is 3.02. The Morgan fingerprint density at radius 1 is 0.540 bits per heavy atom. The van der Waals surface area contributed by atoms with Gasteiger partial charge in [0.2, 0.25) is 17.2 Å². The molecule has 50 heavy (non-hydrogen) atoms. The lowest BCUT2D eigenvalue weighted by molar-refractivity contribution is -0.139. The second kappa shape index (κ2) is 18.6. The summed E-state index contributed by atoms with van der Waals surface area (Å²) in [6.07, 6.45) is -12.5. The summed E-state index contributed by atoms with van der Waals surface area (Å²) in [5.74, 6) is 0.223. The van der Waals surface area contributed by atoms with Crippen LogP contribution in [0.3, 0.4) is 0 Å². The quantitative estimate of drug-likeness (QED) is 0.118.